The number of fused-ring (bicyclic) bond motifs is 2. The fourth-order valence-corrected chi connectivity index (χ4v) is 6.14. The van der Waals surface area contributed by atoms with Crippen molar-refractivity contribution in [3.8, 4) is 0 Å². The Hall–Kier alpha value is -5.01. The molecule has 3 fully saturated rings. The largest absolute Gasteiger partial charge is 0.378 e. The standard InChI is InChI=1S/C32H34N8O5/c41-30-22-39-29(20-37(30)18-24-8-4-10-27-26(24)9-5-11-33-27)40(32(43)34-17-23-6-2-1-3-7-23)38(21-31(39)42)19-25-16-28(35-45-25)36-12-14-44-15-13-36/h1-11,16,29H,12-15,17-22H2,(H,34,43). The van der Waals surface area contributed by atoms with E-state index in [9.17, 15) is 14.4 Å². The van der Waals surface area contributed by atoms with Crippen LogP contribution < -0.4 is 10.2 Å². The fraction of sp³-hybridized carbons (Fsp3) is 0.344. The van der Waals surface area contributed by atoms with Crippen molar-refractivity contribution in [3.05, 3.63) is 89.8 Å². The predicted octanol–water partition coefficient (Wildman–Crippen LogP) is 2.20. The summed E-state index contributed by atoms with van der Waals surface area (Å²) in [6, 6.07) is 20.8. The van der Waals surface area contributed by atoms with Gasteiger partial charge < -0.3 is 29.3 Å². The summed E-state index contributed by atoms with van der Waals surface area (Å²) in [6.45, 7) is 3.34. The molecule has 3 aliphatic heterocycles. The number of piperazine rings is 1. The number of nitrogens with zero attached hydrogens (tertiary/aromatic N) is 7. The van der Waals surface area contributed by atoms with Gasteiger partial charge in [-0.1, -0.05) is 53.7 Å². The smallest absolute Gasteiger partial charge is 0.334 e. The van der Waals surface area contributed by atoms with Crippen molar-refractivity contribution in [2.75, 3.05) is 50.8 Å². The van der Waals surface area contributed by atoms with Crippen LogP contribution in [0.4, 0.5) is 10.6 Å². The van der Waals surface area contributed by atoms with E-state index in [-0.39, 0.29) is 44.0 Å². The SMILES string of the molecule is O=C1CN2C(=O)CN(Cc3cc(N4CCOCC4)no3)N(C(=O)NCc3ccccc3)C2CN1Cc1cccc2ncccc12. The van der Waals surface area contributed by atoms with Crippen molar-refractivity contribution in [3.63, 3.8) is 0 Å². The number of amides is 4. The third-order valence-electron chi connectivity index (χ3n) is 8.44. The van der Waals surface area contributed by atoms with Crippen LogP contribution in [0.5, 0.6) is 0 Å². The van der Waals surface area contributed by atoms with E-state index in [0.717, 1.165) is 22.0 Å². The lowest BCUT2D eigenvalue weighted by Crippen LogP contribution is -2.73. The van der Waals surface area contributed by atoms with Crippen molar-refractivity contribution < 1.29 is 23.6 Å². The number of ether oxygens (including phenoxy) is 1. The fourth-order valence-electron chi connectivity index (χ4n) is 6.14. The van der Waals surface area contributed by atoms with Crippen molar-refractivity contribution in [2.45, 2.75) is 25.8 Å². The van der Waals surface area contributed by atoms with Crippen LogP contribution in [0.15, 0.2) is 77.4 Å². The third-order valence-corrected chi connectivity index (χ3v) is 8.44. The molecule has 45 heavy (non-hydrogen) atoms. The number of rotatable bonds is 7. The lowest BCUT2D eigenvalue weighted by molar-refractivity contribution is -0.184. The number of hydrazine groups is 1. The number of carbonyl (C=O) groups excluding carboxylic acids is 3. The number of pyridine rings is 1. The first kappa shape index (κ1) is 28.7. The number of hydrogen-bond donors (Lipinski definition) is 1. The molecular formula is C32H34N8O5. The van der Waals surface area contributed by atoms with Gasteiger partial charge in [-0.05, 0) is 23.3 Å². The number of nitrogens with one attached hydrogen (secondary N) is 1. The molecule has 2 aromatic heterocycles. The molecule has 1 N–H and O–H groups in total. The Morgan fingerprint density at radius 2 is 1.78 bits per heavy atom. The van der Waals surface area contributed by atoms with Gasteiger partial charge >= 0.3 is 6.03 Å². The molecule has 0 saturated carbocycles. The number of anilines is 1. The minimum atomic E-state index is -0.713. The molecule has 13 heteroatoms. The maximum absolute atomic E-state index is 14.0. The van der Waals surface area contributed by atoms with Gasteiger partial charge in [-0.2, -0.15) is 5.01 Å². The summed E-state index contributed by atoms with van der Waals surface area (Å²) in [5.41, 5.74) is 2.72. The Morgan fingerprint density at radius 3 is 2.62 bits per heavy atom. The number of benzene rings is 2. The van der Waals surface area contributed by atoms with E-state index >= 15 is 0 Å². The topological polar surface area (TPSA) is 128 Å². The lowest BCUT2D eigenvalue weighted by atomic mass is 10.1. The minimum Gasteiger partial charge on any atom is -0.378 e. The van der Waals surface area contributed by atoms with Gasteiger partial charge in [-0.3, -0.25) is 14.6 Å². The number of hydrogen-bond acceptors (Lipinski definition) is 9. The maximum Gasteiger partial charge on any atom is 0.334 e. The molecule has 0 bridgehead atoms. The molecule has 3 saturated heterocycles. The quantitative estimate of drug-likeness (QED) is 0.335. The molecule has 4 aromatic rings. The highest BCUT2D eigenvalue weighted by molar-refractivity contribution is 5.89. The Bertz CT molecular complexity index is 1690. The van der Waals surface area contributed by atoms with Gasteiger partial charge in [-0.15, -0.1) is 0 Å². The van der Waals surface area contributed by atoms with Crippen LogP contribution in [0.25, 0.3) is 10.9 Å². The number of urea groups is 1. The monoisotopic (exact) mass is 610 g/mol. The second kappa shape index (κ2) is 12.5. The summed E-state index contributed by atoms with van der Waals surface area (Å²) in [4.78, 5) is 50.6. The number of carbonyl (C=O) groups is 3. The van der Waals surface area contributed by atoms with Crippen LogP contribution in [0.2, 0.25) is 0 Å². The first-order valence-corrected chi connectivity index (χ1v) is 15.1. The summed E-state index contributed by atoms with van der Waals surface area (Å²) < 4.78 is 11.1. The van der Waals surface area contributed by atoms with Crippen LogP contribution in [-0.4, -0.2) is 99.9 Å². The summed E-state index contributed by atoms with van der Waals surface area (Å²) >= 11 is 0. The molecule has 7 rings (SSSR count). The lowest BCUT2D eigenvalue weighted by Gasteiger charge is -2.52. The Balaban J connectivity index is 1.16. The van der Waals surface area contributed by atoms with Gasteiger partial charge in [0, 0.05) is 43.8 Å². The number of morpholine rings is 1. The summed E-state index contributed by atoms with van der Waals surface area (Å²) in [5, 5.41) is 11.5. The Morgan fingerprint density at radius 1 is 0.933 bits per heavy atom. The van der Waals surface area contributed by atoms with Crippen molar-refractivity contribution in [2.24, 2.45) is 0 Å². The predicted molar refractivity (Wildman–Crippen MR) is 163 cm³/mol. The summed E-state index contributed by atoms with van der Waals surface area (Å²) in [5.74, 6) is 0.800. The van der Waals surface area contributed by atoms with Gasteiger partial charge in [0.25, 0.3) is 0 Å². The highest BCUT2D eigenvalue weighted by Gasteiger charge is 2.47. The van der Waals surface area contributed by atoms with E-state index in [0.29, 0.717) is 51.0 Å². The van der Waals surface area contributed by atoms with E-state index in [2.05, 4.69) is 20.4 Å². The summed E-state index contributed by atoms with van der Waals surface area (Å²) in [6.07, 6.45) is 1.03. The highest BCUT2D eigenvalue weighted by Crippen LogP contribution is 2.27. The van der Waals surface area contributed by atoms with Crippen LogP contribution in [0.3, 0.4) is 0 Å². The second-order valence-corrected chi connectivity index (χ2v) is 11.3. The van der Waals surface area contributed by atoms with Crippen LogP contribution in [0.1, 0.15) is 16.9 Å². The third kappa shape index (κ3) is 6.04. The molecule has 5 heterocycles. The maximum atomic E-state index is 14.0. The average Bonchev–Trinajstić information content (AvgIpc) is 3.54. The van der Waals surface area contributed by atoms with E-state index in [1.54, 1.807) is 21.1 Å². The van der Waals surface area contributed by atoms with E-state index in [4.69, 9.17) is 9.26 Å². The average molecular weight is 611 g/mol. The molecule has 1 unspecified atom stereocenters. The van der Waals surface area contributed by atoms with Gasteiger partial charge in [0.15, 0.2) is 11.6 Å². The molecule has 232 valence electrons. The zero-order valence-electron chi connectivity index (χ0n) is 24.7. The van der Waals surface area contributed by atoms with Crippen molar-refractivity contribution in [1.29, 1.82) is 0 Å². The molecule has 2 aromatic carbocycles. The van der Waals surface area contributed by atoms with E-state index in [1.807, 2.05) is 66.7 Å². The molecule has 3 aliphatic rings. The van der Waals surface area contributed by atoms with E-state index < -0.39 is 6.17 Å². The second-order valence-electron chi connectivity index (χ2n) is 11.3. The molecule has 0 aliphatic carbocycles. The molecule has 0 radical (unpaired) electrons. The van der Waals surface area contributed by atoms with Crippen LogP contribution >= 0.6 is 0 Å². The minimum absolute atomic E-state index is 0.0921. The molecule has 4 amide bonds. The first-order chi connectivity index (χ1) is 22.0. The van der Waals surface area contributed by atoms with Gasteiger partial charge in [-0.25, -0.2) is 9.80 Å². The van der Waals surface area contributed by atoms with Gasteiger partial charge in [0.1, 0.15) is 12.7 Å². The Kier molecular flexibility index (Phi) is 8.01. The van der Waals surface area contributed by atoms with Crippen molar-refractivity contribution in [1.82, 2.24) is 35.3 Å². The van der Waals surface area contributed by atoms with Crippen LogP contribution in [-0.2, 0) is 34.0 Å². The van der Waals surface area contributed by atoms with Crippen molar-refractivity contribution >= 4 is 34.6 Å². The zero-order valence-corrected chi connectivity index (χ0v) is 24.7. The highest BCUT2D eigenvalue weighted by atomic mass is 16.5. The molecule has 1 atom stereocenters. The van der Waals surface area contributed by atoms with E-state index in [1.165, 1.54) is 4.90 Å². The van der Waals surface area contributed by atoms with Gasteiger partial charge in [0.05, 0.1) is 38.4 Å². The normalized spacial score (nSPS) is 19.2. The Labute approximate surface area is 259 Å². The van der Waals surface area contributed by atoms with Gasteiger partial charge in [0.2, 0.25) is 11.8 Å². The number of aromatic nitrogens is 2. The molecular weight excluding hydrogens is 576 g/mol. The summed E-state index contributed by atoms with van der Waals surface area (Å²) in [7, 11) is 0. The van der Waals surface area contributed by atoms with Crippen LogP contribution in [0, 0.1) is 0 Å². The zero-order chi connectivity index (χ0) is 30.8. The molecule has 0 spiro atoms. The first-order valence-electron chi connectivity index (χ1n) is 15.1. The molecule has 13 nitrogen and oxygen atoms in total.